The number of imidazole rings is 1. The van der Waals surface area contributed by atoms with Crippen molar-refractivity contribution in [2.24, 2.45) is 7.05 Å². The third-order valence-electron chi connectivity index (χ3n) is 9.13. The van der Waals surface area contributed by atoms with E-state index in [2.05, 4.69) is 47.9 Å². The molecule has 1 saturated carbocycles. The van der Waals surface area contributed by atoms with Gasteiger partial charge in [0.05, 0.1) is 16.4 Å². The molecule has 5 aromatic rings. The molecule has 4 heterocycles. The highest BCUT2D eigenvalue weighted by atomic mass is 19.2. The van der Waals surface area contributed by atoms with Gasteiger partial charge in [-0.3, -0.25) is 4.90 Å². The maximum Gasteiger partial charge on any atom is 0.208 e. The van der Waals surface area contributed by atoms with Crippen molar-refractivity contribution in [3.63, 3.8) is 0 Å². The first-order valence-electron chi connectivity index (χ1n) is 14.6. The van der Waals surface area contributed by atoms with E-state index in [1.54, 1.807) is 17.9 Å². The highest BCUT2D eigenvalue weighted by Crippen LogP contribution is 2.39. The van der Waals surface area contributed by atoms with E-state index >= 15 is 0 Å². The maximum absolute atomic E-state index is 13.8. The zero-order valence-electron chi connectivity index (χ0n) is 23.9. The number of anilines is 3. The van der Waals surface area contributed by atoms with Crippen LogP contribution < -0.4 is 11.1 Å². The van der Waals surface area contributed by atoms with Gasteiger partial charge in [0.1, 0.15) is 17.8 Å². The van der Waals surface area contributed by atoms with Crippen LogP contribution in [0.4, 0.5) is 26.2 Å². The smallest absolute Gasteiger partial charge is 0.208 e. The number of nitrogens with zero attached hydrogens (tertiary/aromatic N) is 7. The lowest BCUT2D eigenvalue weighted by atomic mass is 9.89. The van der Waals surface area contributed by atoms with Crippen molar-refractivity contribution < 1.29 is 8.78 Å². The van der Waals surface area contributed by atoms with Crippen molar-refractivity contribution in [3.8, 4) is 11.1 Å². The Labute approximate surface area is 243 Å². The summed E-state index contributed by atoms with van der Waals surface area (Å²) in [5, 5.41) is 4.14. The van der Waals surface area contributed by atoms with Crippen LogP contribution in [0, 0.1) is 11.6 Å². The van der Waals surface area contributed by atoms with Gasteiger partial charge in [-0.25, -0.2) is 23.7 Å². The van der Waals surface area contributed by atoms with Gasteiger partial charge in [-0.2, -0.15) is 0 Å². The quantitative estimate of drug-likeness (QED) is 0.295. The Morgan fingerprint density at radius 1 is 0.881 bits per heavy atom. The summed E-state index contributed by atoms with van der Waals surface area (Å²) in [5.41, 5.74) is 11.0. The van der Waals surface area contributed by atoms with E-state index in [9.17, 15) is 8.78 Å². The lowest BCUT2D eigenvalue weighted by Gasteiger charge is -2.41. The number of piperazine rings is 1. The van der Waals surface area contributed by atoms with Gasteiger partial charge < -0.3 is 25.1 Å². The molecule has 2 aromatic carbocycles. The molecule has 7 rings (SSSR count). The standard InChI is InChI=1S/C31H35F2N9/c1-39-11-13-41(14-12-39)21-7-9-22(10-8-21)42-17-23(28-29(34)35-18-36-30(28)42)19-3-5-20(6-4-19)37-31-38-26-15-24(32)25(33)16-27(26)40(31)2/h3-6,15-18,21-22H,7-14H2,1-2H3,(H,37,38)(H2,34,35,36)/t21-,22+. The molecule has 2 aliphatic rings. The van der Waals surface area contributed by atoms with Crippen LogP contribution in [0.25, 0.3) is 33.2 Å². The molecule has 11 heteroatoms. The summed E-state index contributed by atoms with van der Waals surface area (Å²) >= 11 is 0. The second-order valence-corrected chi connectivity index (χ2v) is 11.7. The number of benzene rings is 2. The first-order chi connectivity index (χ1) is 20.4. The van der Waals surface area contributed by atoms with Crippen molar-refractivity contribution in [3.05, 3.63) is 60.6 Å². The van der Waals surface area contributed by atoms with Crippen LogP contribution in [0.5, 0.6) is 0 Å². The second-order valence-electron chi connectivity index (χ2n) is 11.7. The van der Waals surface area contributed by atoms with E-state index in [0.717, 1.165) is 79.0 Å². The van der Waals surface area contributed by atoms with E-state index in [4.69, 9.17) is 5.73 Å². The van der Waals surface area contributed by atoms with Crippen LogP contribution in [0.2, 0.25) is 0 Å². The largest absolute Gasteiger partial charge is 0.383 e. The Bertz CT molecular complexity index is 1740. The molecule has 0 amide bonds. The number of hydrogen-bond donors (Lipinski definition) is 2. The van der Waals surface area contributed by atoms with Gasteiger partial charge in [0.15, 0.2) is 11.6 Å². The summed E-state index contributed by atoms with van der Waals surface area (Å²) in [6.45, 7) is 4.61. The van der Waals surface area contributed by atoms with Crippen molar-refractivity contribution in [1.29, 1.82) is 0 Å². The Morgan fingerprint density at radius 3 is 2.31 bits per heavy atom. The zero-order chi connectivity index (χ0) is 29.0. The fraction of sp³-hybridized carbons (Fsp3) is 0.387. The van der Waals surface area contributed by atoms with E-state index < -0.39 is 11.6 Å². The molecule has 42 heavy (non-hydrogen) atoms. The second kappa shape index (κ2) is 10.6. The number of hydrogen-bond acceptors (Lipinski definition) is 7. The van der Waals surface area contributed by atoms with Gasteiger partial charge in [0, 0.05) is 74.9 Å². The number of nitrogens with one attached hydrogen (secondary N) is 1. The number of aryl methyl sites for hydroxylation is 1. The molecule has 0 atom stereocenters. The van der Waals surface area contributed by atoms with Gasteiger partial charge >= 0.3 is 0 Å². The average molecular weight is 572 g/mol. The number of fused-ring (bicyclic) bond motifs is 2. The lowest BCUT2D eigenvalue weighted by Crippen LogP contribution is -2.49. The SMILES string of the molecule is CN1CCN([C@H]2CC[C@@H](n3cc(-c4ccc(Nc5nc6cc(F)c(F)cc6n5C)cc4)c4c(N)ncnc43)CC2)CC1. The van der Waals surface area contributed by atoms with Gasteiger partial charge in [-0.15, -0.1) is 0 Å². The third kappa shape index (κ3) is 4.76. The fourth-order valence-electron chi connectivity index (χ4n) is 6.66. The van der Waals surface area contributed by atoms with Crippen molar-refractivity contribution in [1.82, 2.24) is 33.9 Å². The molecule has 0 unspecified atom stereocenters. The Hall–Kier alpha value is -4.09. The Kier molecular flexibility index (Phi) is 6.78. The van der Waals surface area contributed by atoms with Crippen LogP contribution in [-0.4, -0.2) is 73.2 Å². The van der Waals surface area contributed by atoms with Gasteiger partial charge in [0.25, 0.3) is 0 Å². The molecule has 218 valence electrons. The van der Waals surface area contributed by atoms with Crippen molar-refractivity contribution in [2.75, 3.05) is 44.3 Å². The lowest BCUT2D eigenvalue weighted by molar-refractivity contribution is 0.0828. The molecule has 0 radical (unpaired) electrons. The van der Waals surface area contributed by atoms with E-state index in [1.807, 2.05) is 24.3 Å². The average Bonchev–Trinajstić information content (AvgIpc) is 3.53. The molecule has 9 nitrogen and oxygen atoms in total. The molecule has 1 aliphatic heterocycles. The third-order valence-corrected chi connectivity index (χ3v) is 9.13. The van der Waals surface area contributed by atoms with Crippen LogP contribution in [0.3, 0.4) is 0 Å². The summed E-state index contributed by atoms with van der Waals surface area (Å²) in [6, 6.07) is 11.3. The normalized spacial score (nSPS) is 20.5. The molecule has 2 fully saturated rings. The topological polar surface area (TPSA) is 93.1 Å². The molecular weight excluding hydrogens is 536 g/mol. The van der Waals surface area contributed by atoms with Crippen molar-refractivity contribution in [2.45, 2.75) is 37.8 Å². The van der Waals surface area contributed by atoms with Crippen LogP contribution >= 0.6 is 0 Å². The summed E-state index contributed by atoms with van der Waals surface area (Å²) in [7, 11) is 3.97. The number of rotatable bonds is 5. The minimum Gasteiger partial charge on any atom is -0.383 e. The number of nitrogen functional groups attached to an aromatic ring is 1. The highest BCUT2D eigenvalue weighted by molar-refractivity contribution is 6.00. The Balaban J connectivity index is 1.13. The predicted octanol–water partition coefficient (Wildman–Crippen LogP) is 5.32. The van der Waals surface area contributed by atoms with E-state index in [-0.39, 0.29) is 0 Å². The first kappa shape index (κ1) is 26.8. The molecule has 1 saturated heterocycles. The molecule has 3 N–H and O–H groups in total. The summed E-state index contributed by atoms with van der Waals surface area (Å²) in [6.07, 6.45) is 8.33. The number of halogens is 2. The first-order valence-corrected chi connectivity index (χ1v) is 14.6. The molecule has 0 bridgehead atoms. The van der Waals surface area contributed by atoms with Gasteiger partial charge in [-0.05, 0) is 50.4 Å². The Morgan fingerprint density at radius 2 is 1.57 bits per heavy atom. The van der Waals surface area contributed by atoms with Crippen LogP contribution in [0.1, 0.15) is 31.7 Å². The minimum absolute atomic E-state index is 0.368. The number of aromatic nitrogens is 5. The summed E-state index contributed by atoms with van der Waals surface area (Å²) in [4.78, 5) is 18.5. The minimum atomic E-state index is -0.915. The van der Waals surface area contributed by atoms with Crippen LogP contribution in [0.15, 0.2) is 48.9 Å². The molecule has 1 aliphatic carbocycles. The fourth-order valence-corrected chi connectivity index (χ4v) is 6.66. The monoisotopic (exact) mass is 571 g/mol. The summed E-state index contributed by atoms with van der Waals surface area (Å²) in [5.74, 6) is -0.848. The van der Waals surface area contributed by atoms with Crippen LogP contribution in [-0.2, 0) is 7.05 Å². The highest BCUT2D eigenvalue weighted by Gasteiger charge is 2.30. The maximum atomic E-state index is 13.8. The molecule has 0 spiro atoms. The van der Waals surface area contributed by atoms with Gasteiger partial charge in [-0.1, -0.05) is 12.1 Å². The number of likely N-dealkylation sites (N-methyl/N-ethyl adjacent to an activating group) is 1. The van der Waals surface area contributed by atoms with Gasteiger partial charge in [0.2, 0.25) is 5.95 Å². The zero-order valence-corrected chi connectivity index (χ0v) is 23.9. The van der Waals surface area contributed by atoms with E-state index in [0.29, 0.717) is 34.9 Å². The van der Waals surface area contributed by atoms with Crippen molar-refractivity contribution >= 4 is 39.5 Å². The number of nitrogens with two attached hydrogens (primary N) is 1. The van der Waals surface area contributed by atoms with E-state index in [1.165, 1.54) is 12.8 Å². The molecular formula is C31H35F2N9. The summed E-state index contributed by atoms with van der Waals surface area (Å²) < 4.78 is 31.5. The predicted molar refractivity (Wildman–Crippen MR) is 162 cm³/mol. The molecule has 3 aromatic heterocycles.